The number of benzene rings is 2. The first-order chi connectivity index (χ1) is 12.8. The first-order valence-electron chi connectivity index (χ1n) is 8.31. The number of aryl methyl sites for hydroxylation is 2. The number of hydrogen-bond donors (Lipinski definition) is 1. The number of rotatable bonds is 6. The normalized spacial score (nSPS) is 10.2. The molecule has 0 saturated heterocycles. The number of carbonyl (C=O) groups excluding carboxylic acids is 3. The summed E-state index contributed by atoms with van der Waals surface area (Å²) in [6, 6.07) is 12.1. The van der Waals surface area contributed by atoms with Crippen molar-refractivity contribution in [2.75, 3.05) is 25.5 Å². The second-order valence-electron chi connectivity index (χ2n) is 6.12. The number of amides is 2. The van der Waals surface area contributed by atoms with Crippen LogP contribution < -0.4 is 5.32 Å². The van der Waals surface area contributed by atoms with Gasteiger partial charge in [0.2, 0.25) is 5.91 Å². The number of carbonyl (C=O) groups is 3. The molecule has 0 unspecified atom stereocenters. The highest BCUT2D eigenvalue weighted by Crippen LogP contribution is 2.19. The molecule has 2 aromatic rings. The SMILES string of the molecule is Cc1cccc(C)c1NC(=O)CN(C)C(=O)COC(=O)c1ccccc1Cl. The lowest BCUT2D eigenvalue weighted by Crippen LogP contribution is -2.37. The van der Waals surface area contributed by atoms with Crippen molar-refractivity contribution in [1.82, 2.24) is 4.90 Å². The fourth-order valence-corrected chi connectivity index (χ4v) is 2.65. The molecule has 0 atom stereocenters. The average molecular weight is 389 g/mol. The molecule has 6 nitrogen and oxygen atoms in total. The van der Waals surface area contributed by atoms with Gasteiger partial charge in [-0.25, -0.2) is 4.79 Å². The molecule has 2 amide bonds. The minimum atomic E-state index is -0.692. The van der Waals surface area contributed by atoms with Crippen LogP contribution in [0, 0.1) is 13.8 Å². The predicted molar refractivity (Wildman–Crippen MR) is 104 cm³/mol. The smallest absolute Gasteiger partial charge is 0.340 e. The van der Waals surface area contributed by atoms with E-state index < -0.39 is 18.5 Å². The molecule has 0 bridgehead atoms. The molecule has 7 heteroatoms. The number of ether oxygens (including phenoxy) is 1. The van der Waals surface area contributed by atoms with Gasteiger partial charge < -0.3 is 15.0 Å². The Kier molecular flexibility index (Phi) is 6.96. The zero-order chi connectivity index (χ0) is 20.0. The molecule has 0 aromatic heterocycles. The summed E-state index contributed by atoms with van der Waals surface area (Å²) in [7, 11) is 1.47. The van der Waals surface area contributed by atoms with E-state index in [1.165, 1.54) is 18.0 Å². The van der Waals surface area contributed by atoms with Gasteiger partial charge in [-0.3, -0.25) is 9.59 Å². The molecule has 0 spiro atoms. The number of nitrogens with one attached hydrogen (secondary N) is 1. The summed E-state index contributed by atoms with van der Waals surface area (Å²) in [6.07, 6.45) is 0. The van der Waals surface area contributed by atoms with Crippen molar-refractivity contribution in [1.29, 1.82) is 0 Å². The molecule has 0 fully saturated rings. The van der Waals surface area contributed by atoms with Crippen molar-refractivity contribution in [3.05, 3.63) is 64.2 Å². The van der Waals surface area contributed by atoms with Crippen LogP contribution in [0.15, 0.2) is 42.5 Å². The Morgan fingerprint density at radius 1 is 1.04 bits per heavy atom. The van der Waals surface area contributed by atoms with Gasteiger partial charge in [0.1, 0.15) is 0 Å². The first kappa shape index (κ1) is 20.5. The molecule has 0 aliphatic heterocycles. The summed E-state index contributed by atoms with van der Waals surface area (Å²) in [5.41, 5.74) is 2.79. The Morgan fingerprint density at radius 3 is 2.30 bits per heavy atom. The van der Waals surface area contributed by atoms with Crippen LogP contribution in [-0.4, -0.2) is 42.9 Å². The Hall–Kier alpha value is -2.86. The summed E-state index contributed by atoms with van der Waals surface area (Å²) in [6.45, 7) is 3.16. The van der Waals surface area contributed by atoms with E-state index in [9.17, 15) is 14.4 Å². The molecular weight excluding hydrogens is 368 g/mol. The monoisotopic (exact) mass is 388 g/mol. The second kappa shape index (κ2) is 9.19. The van der Waals surface area contributed by atoms with E-state index in [4.69, 9.17) is 16.3 Å². The quantitative estimate of drug-likeness (QED) is 0.771. The maximum atomic E-state index is 12.2. The van der Waals surface area contributed by atoms with Gasteiger partial charge in [-0.05, 0) is 37.1 Å². The summed E-state index contributed by atoms with van der Waals surface area (Å²) < 4.78 is 4.98. The average Bonchev–Trinajstić information content (AvgIpc) is 2.63. The van der Waals surface area contributed by atoms with Gasteiger partial charge >= 0.3 is 5.97 Å². The van der Waals surface area contributed by atoms with E-state index >= 15 is 0 Å². The molecule has 0 aliphatic carbocycles. The van der Waals surface area contributed by atoms with Gasteiger partial charge in [-0.15, -0.1) is 0 Å². The molecule has 142 valence electrons. The third-order valence-electron chi connectivity index (χ3n) is 3.97. The van der Waals surface area contributed by atoms with Crippen LogP contribution in [0.1, 0.15) is 21.5 Å². The van der Waals surface area contributed by atoms with Crippen LogP contribution in [0.4, 0.5) is 5.69 Å². The third kappa shape index (κ3) is 5.56. The fraction of sp³-hybridized carbons (Fsp3) is 0.250. The number of anilines is 1. The van der Waals surface area contributed by atoms with Gasteiger partial charge in [0.25, 0.3) is 5.91 Å². The second-order valence-corrected chi connectivity index (χ2v) is 6.53. The summed E-state index contributed by atoms with van der Waals surface area (Å²) in [5.74, 6) is -1.52. The molecular formula is C20H21ClN2O4. The van der Waals surface area contributed by atoms with Gasteiger partial charge in [0, 0.05) is 12.7 Å². The van der Waals surface area contributed by atoms with Crippen LogP contribution in [0.3, 0.4) is 0 Å². The zero-order valence-electron chi connectivity index (χ0n) is 15.4. The minimum absolute atomic E-state index is 0.156. The Morgan fingerprint density at radius 2 is 1.67 bits per heavy atom. The zero-order valence-corrected chi connectivity index (χ0v) is 16.2. The molecule has 2 rings (SSSR count). The van der Waals surface area contributed by atoms with E-state index in [0.29, 0.717) is 0 Å². The number of likely N-dealkylation sites (N-methyl/N-ethyl adjacent to an activating group) is 1. The summed E-state index contributed by atoms with van der Waals surface area (Å²) >= 11 is 5.92. The molecule has 1 N–H and O–H groups in total. The highest BCUT2D eigenvalue weighted by atomic mass is 35.5. The summed E-state index contributed by atoms with van der Waals surface area (Å²) in [5, 5.41) is 3.05. The molecule has 0 heterocycles. The number of nitrogens with zero attached hydrogens (tertiary/aromatic N) is 1. The van der Waals surface area contributed by atoms with E-state index in [0.717, 1.165) is 16.8 Å². The molecule has 2 aromatic carbocycles. The van der Waals surface area contributed by atoms with Crippen molar-refractivity contribution in [3.8, 4) is 0 Å². The highest BCUT2D eigenvalue weighted by Gasteiger charge is 2.18. The lowest BCUT2D eigenvalue weighted by Gasteiger charge is -2.18. The maximum Gasteiger partial charge on any atom is 0.340 e. The van der Waals surface area contributed by atoms with Crippen molar-refractivity contribution in [2.24, 2.45) is 0 Å². The van der Waals surface area contributed by atoms with E-state index in [-0.39, 0.29) is 23.0 Å². The van der Waals surface area contributed by atoms with Crippen molar-refractivity contribution < 1.29 is 19.1 Å². The van der Waals surface area contributed by atoms with Gasteiger partial charge in [0.15, 0.2) is 6.61 Å². The predicted octanol–water partition coefficient (Wildman–Crippen LogP) is 3.21. The highest BCUT2D eigenvalue weighted by molar-refractivity contribution is 6.33. The van der Waals surface area contributed by atoms with Crippen molar-refractivity contribution in [3.63, 3.8) is 0 Å². The van der Waals surface area contributed by atoms with Crippen molar-refractivity contribution in [2.45, 2.75) is 13.8 Å². The number of halogens is 1. The van der Waals surface area contributed by atoms with Gasteiger partial charge in [-0.1, -0.05) is 41.9 Å². The molecule has 0 saturated carbocycles. The Bertz CT molecular complexity index is 847. The summed E-state index contributed by atoms with van der Waals surface area (Å²) in [4.78, 5) is 37.5. The fourth-order valence-electron chi connectivity index (χ4n) is 2.44. The van der Waals surface area contributed by atoms with Crippen LogP contribution >= 0.6 is 11.6 Å². The molecule has 27 heavy (non-hydrogen) atoms. The van der Waals surface area contributed by atoms with Crippen LogP contribution in [0.5, 0.6) is 0 Å². The lowest BCUT2D eigenvalue weighted by atomic mass is 10.1. The first-order valence-corrected chi connectivity index (χ1v) is 8.69. The molecule has 0 radical (unpaired) electrons. The largest absolute Gasteiger partial charge is 0.452 e. The van der Waals surface area contributed by atoms with Crippen molar-refractivity contribution >= 4 is 35.1 Å². The Balaban J connectivity index is 1.87. The van der Waals surface area contributed by atoms with Crippen LogP contribution in [0.25, 0.3) is 0 Å². The van der Waals surface area contributed by atoms with E-state index in [1.54, 1.807) is 18.2 Å². The number of hydrogen-bond acceptors (Lipinski definition) is 4. The van der Waals surface area contributed by atoms with E-state index in [1.807, 2.05) is 32.0 Å². The number of para-hydroxylation sites is 1. The van der Waals surface area contributed by atoms with Gasteiger partial charge in [0.05, 0.1) is 17.1 Å². The lowest BCUT2D eigenvalue weighted by molar-refractivity contribution is -0.136. The minimum Gasteiger partial charge on any atom is -0.452 e. The van der Waals surface area contributed by atoms with Crippen LogP contribution in [0.2, 0.25) is 5.02 Å². The third-order valence-corrected chi connectivity index (χ3v) is 4.30. The molecule has 0 aliphatic rings. The van der Waals surface area contributed by atoms with E-state index in [2.05, 4.69) is 5.32 Å². The van der Waals surface area contributed by atoms with Crippen LogP contribution in [-0.2, 0) is 14.3 Å². The topological polar surface area (TPSA) is 75.7 Å². The maximum absolute atomic E-state index is 12.2. The Labute approximate surface area is 163 Å². The van der Waals surface area contributed by atoms with Gasteiger partial charge in [-0.2, -0.15) is 0 Å². The standard InChI is InChI=1S/C20H21ClN2O4/c1-13-7-6-8-14(2)19(13)22-17(24)11-23(3)18(25)12-27-20(26)15-9-4-5-10-16(15)21/h4-10H,11-12H2,1-3H3,(H,22,24). The number of esters is 1.